The van der Waals surface area contributed by atoms with Crippen molar-refractivity contribution in [2.24, 2.45) is 5.41 Å². The predicted molar refractivity (Wildman–Crippen MR) is 66.5 cm³/mol. The highest BCUT2D eigenvalue weighted by Gasteiger charge is 2.38. The highest BCUT2D eigenvalue weighted by molar-refractivity contribution is 7.14. The van der Waals surface area contributed by atoms with Gasteiger partial charge in [-0.2, -0.15) is 0 Å². The fourth-order valence-electron chi connectivity index (χ4n) is 1.68. The lowest BCUT2D eigenvalue weighted by molar-refractivity contribution is -0.133. The molecule has 0 aromatic carbocycles. The van der Waals surface area contributed by atoms with E-state index in [0.29, 0.717) is 19.8 Å². The van der Waals surface area contributed by atoms with E-state index < -0.39 is 0 Å². The van der Waals surface area contributed by atoms with E-state index in [4.69, 9.17) is 4.74 Å². The van der Waals surface area contributed by atoms with Crippen LogP contribution in [0.15, 0.2) is 6.07 Å². The molecule has 0 saturated carbocycles. The van der Waals surface area contributed by atoms with Gasteiger partial charge in [0.15, 0.2) is 0 Å². The van der Waals surface area contributed by atoms with Crippen LogP contribution in [0.1, 0.15) is 20.1 Å². The Morgan fingerprint density at radius 3 is 2.71 bits per heavy atom. The summed E-state index contributed by atoms with van der Waals surface area (Å²) in [6, 6.07) is 1.90. The van der Waals surface area contributed by atoms with Gasteiger partial charge in [-0.15, -0.1) is 11.3 Å². The van der Waals surface area contributed by atoms with Gasteiger partial charge in [-0.05, 0) is 25.5 Å². The predicted octanol–water partition coefficient (Wildman–Crippen LogP) is 1.10. The number of aliphatic hydroxyl groups is 1. The van der Waals surface area contributed by atoms with Crippen LogP contribution < -0.4 is 5.32 Å². The first kappa shape index (κ1) is 12.5. The summed E-state index contributed by atoms with van der Waals surface area (Å²) < 4.78 is 5.08. The molecule has 17 heavy (non-hydrogen) atoms. The highest BCUT2D eigenvalue weighted by atomic mass is 32.1. The fraction of sp³-hybridized carbons (Fsp3) is 0.583. The van der Waals surface area contributed by atoms with Crippen LogP contribution in [0.3, 0.4) is 0 Å². The van der Waals surface area contributed by atoms with Crippen molar-refractivity contribution in [2.75, 3.05) is 26.4 Å². The standard InChI is InChI=1S/C12H17NO3S/c1-8-3-10(17-9(8)2)11(15)13-4-12(5-14)6-16-7-12/h3,14H,4-7H2,1-2H3,(H,13,15). The molecule has 0 unspecified atom stereocenters. The van der Waals surface area contributed by atoms with Crippen LogP contribution in [-0.2, 0) is 4.74 Å². The minimum atomic E-state index is -0.267. The molecule has 0 spiro atoms. The Labute approximate surface area is 105 Å². The van der Waals surface area contributed by atoms with E-state index in [-0.39, 0.29) is 17.9 Å². The Hall–Kier alpha value is -0.910. The molecule has 1 aliphatic rings. The molecule has 1 aliphatic heterocycles. The third kappa shape index (κ3) is 2.51. The molecule has 1 amide bonds. The van der Waals surface area contributed by atoms with Crippen LogP contribution >= 0.6 is 11.3 Å². The molecule has 2 heterocycles. The van der Waals surface area contributed by atoms with Crippen molar-refractivity contribution in [3.63, 3.8) is 0 Å². The number of ether oxygens (including phenoxy) is 1. The average Bonchev–Trinajstić information content (AvgIpc) is 2.58. The minimum Gasteiger partial charge on any atom is -0.396 e. The maximum Gasteiger partial charge on any atom is 0.261 e. The number of carbonyl (C=O) groups is 1. The zero-order valence-corrected chi connectivity index (χ0v) is 10.9. The van der Waals surface area contributed by atoms with Gasteiger partial charge in [0.2, 0.25) is 0 Å². The number of aryl methyl sites for hydroxylation is 2. The topological polar surface area (TPSA) is 58.6 Å². The molecule has 5 heteroatoms. The SMILES string of the molecule is Cc1cc(C(=O)NCC2(CO)COC2)sc1C. The first-order chi connectivity index (χ1) is 8.06. The molecule has 1 fully saturated rings. The quantitative estimate of drug-likeness (QED) is 0.847. The van der Waals surface area contributed by atoms with Crippen molar-refractivity contribution in [2.45, 2.75) is 13.8 Å². The Morgan fingerprint density at radius 1 is 1.59 bits per heavy atom. The molecule has 2 rings (SSSR count). The van der Waals surface area contributed by atoms with Gasteiger partial charge in [0.1, 0.15) is 0 Å². The molecule has 4 nitrogen and oxygen atoms in total. The molecule has 1 aromatic rings. The fourth-order valence-corrected chi connectivity index (χ4v) is 2.63. The summed E-state index contributed by atoms with van der Waals surface area (Å²) in [6.07, 6.45) is 0. The normalized spacial score (nSPS) is 17.6. The molecule has 0 atom stereocenters. The van der Waals surface area contributed by atoms with Gasteiger partial charge in [0, 0.05) is 11.4 Å². The molecule has 94 valence electrons. The molecule has 2 N–H and O–H groups in total. The van der Waals surface area contributed by atoms with Crippen molar-refractivity contribution in [1.29, 1.82) is 0 Å². The number of rotatable bonds is 4. The Kier molecular flexibility index (Phi) is 3.51. The van der Waals surface area contributed by atoms with Crippen LogP contribution in [0, 0.1) is 19.3 Å². The van der Waals surface area contributed by atoms with Crippen LogP contribution in [0.25, 0.3) is 0 Å². The molecular formula is C12H17NO3S. The van der Waals surface area contributed by atoms with Crippen molar-refractivity contribution < 1.29 is 14.6 Å². The zero-order valence-electron chi connectivity index (χ0n) is 10.1. The summed E-state index contributed by atoms with van der Waals surface area (Å²) in [5, 5.41) is 12.1. The number of hydrogen-bond donors (Lipinski definition) is 2. The smallest absolute Gasteiger partial charge is 0.261 e. The van der Waals surface area contributed by atoms with Crippen molar-refractivity contribution in [3.8, 4) is 0 Å². The Morgan fingerprint density at radius 2 is 2.29 bits per heavy atom. The lowest BCUT2D eigenvalue weighted by atomic mass is 9.87. The second-order valence-corrected chi connectivity index (χ2v) is 5.94. The van der Waals surface area contributed by atoms with Gasteiger partial charge in [-0.3, -0.25) is 4.79 Å². The Bertz CT molecular complexity index is 398. The van der Waals surface area contributed by atoms with Gasteiger partial charge < -0.3 is 15.2 Å². The maximum absolute atomic E-state index is 11.9. The van der Waals surface area contributed by atoms with E-state index >= 15 is 0 Å². The van der Waals surface area contributed by atoms with E-state index in [1.54, 1.807) is 0 Å². The summed E-state index contributed by atoms with van der Waals surface area (Å²) in [5.41, 5.74) is 0.876. The van der Waals surface area contributed by atoms with E-state index in [1.165, 1.54) is 16.2 Å². The van der Waals surface area contributed by atoms with Crippen LogP contribution in [0.4, 0.5) is 0 Å². The molecule has 1 saturated heterocycles. The average molecular weight is 255 g/mol. The minimum absolute atomic E-state index is 0.0514. The number of carbonyl (C=O) groups excluding carboxylic acids is 1. The van der Waals surface area contributed by atoms with E-state index in [0.717, 1.165) is 10.4 Å². The summed E-state index contributed by atoms with van der Waals surface area (Å²) >= 11 is 1.50. The number of nitrogens with one attached hydrogen (secondary N) is 1. The molecule has 0 aliphatic carbocycles. The lowest BCUT2D eigenvalue weighted by Crippen LogP contribution is -2.53. The summed E-state index contributed by atoms with van der Waals surface area (Å²) in [4.78, 5) is 13.8. The Balaban J connectivity index is 1.93. The highest BCUT2D eigenvalue weighted by Crippen LogP contribution is 2.26. The third-order valence-corrected chi connectivity index (χ3v) is 4.32. The summed E-state index contributed by atoms with van der Waals surface area (Å²) in [7, 11) is 0. The van der Waals surface area contributed by atoms with Crippen LogP contribution in [-0.4, -0.2) is 37.4 Å². The molecule has 0 bridgehead atoms. The van der Waals surface area contributed by atoms with Crippen LogP contribution in [0.2, 0.25) is 0 Å². The van der Waals surface area contributed by atoms with Gasteiger partial charge in [-0.1, -0.05) is 0 Å². The zero-order chi connectivity index (χ0) is 12.5. The van der Waals surface area contributed by atoms with Gasteiger partial charge in [0.05, 0.1) is 30.1 Å². The lowest BCUT2D eigenvalue weighted by Gasteiger charge is -2.39. The maximum atomic E-state index is 11.9. The first-order valence-corrected chi connectivity index (χ1v) is 6.42. The van der Waals surface area contributed by atoms with E-state index in [1.807, 2.05) is 19.9 Å². The first-order valence-electron chi connectivity index (χ1n) is 5.60. The van der Waals surface area contributed by atoms with Crippen molar-refractivity contribution in [3.05, 3.63) is 21.4 Å². The third-order valence-electron chi connectivity index (χ3n) is 3.17. The molecule has 1 aromatic heterocycles. The number of hydrogen-bond acceptors (Lipinski definition) is 4. The summed E-state index contributed by atoms with van der Waals surface area (Å²) in [5.74, 6) is -0.0640. The van der Waals surface area contributed by atoms with Gasteiger partial charge in [0.25, 0.3) is 5.91 Å². The van der Waals surface area contributed by atoms with Gasteiger partial charge in [-0.25, -0.2) is 0 Å². The molecular weight excluding hydrogens is 238 g/mol. The monoisotopic (exact) mass is 255 g/mol. The molecule has 0 radical (unpaired) electrons. The van der Waals surface area contributed by atoms with E-state index in [2.05, 4.69) is 5.32 Å². The number of amides is 1. The van der Waals surface area contributed by atoms with E-state index in [9.17, 15) is 9.90 Å². The second kappa shape index (κ2) is 4.76. The summed E-state index contributed by atoms with van der Waals surface area (Å²) in [6.45, 7) is 5.57. The van der Waals surface area contributed by atoms with Crippen LogP contribution in [0.5, 0.6) is 0 Å². The second-order valence-electron chi connectivity index (χ2n) is 4.68. The van der Waals surface area contributed by atoms with Crippen molar-refractivity contribution >= 4 is 17.2 Å². The largest absolute Gasteiger partial charge is 0.396 e. The van der Waals surface area contributed by atoms with Gasteiger partial charge >= 0.3 is 0 Å². The van der Waals surface area contributed by atoms with Crippen molar-refractivity contribution in [1.82, 2.24) is 5.32 Å². The number of thiophene rings is 1. The number of aliphatic hydroxyl groups excluding tert-OH is 1.